The van der Waals surface area contributed by atoms with E-state index >= 15 is 0 Å². The van der Waals surface area contributed by atoms with Crippen LogP contribution in [0.4, 0.5) is 16.4 Å². The number of anilines is 1. The molecule has 3 aromatic rings. The van der Waals surface area contributed by atoms with Crippen LogP contribution in [0.3, 0.4) is 0 Å². The molecule has 0 aliphatic carbocycles. The Hall–Kier alpha value is -3.56. The van der Waals surface area contributed by atoms with Crippen molar-refractivity contribution in [2.75, 3.05) is 18.9 Å². The number of benzene rings is 2. The van der Waals surface area contributed by atoms with Gasteiger partial charge in [0.2, 0.25) is 0 Å². The van der Waals surface area contributed by atoms with Crippen molar-refractivity contribution in [3.63, 3.8) is 0 Å². The van der Waals surface area contributed by atoms with Crippen LogP contribution in [0.5, 0.6) is 0 Å². The van der Waals surface area contributed by atoms with Gasteiger partial charge in [0.05, 0.1) is 24.1 Å². The zero-order valence-electron chi connectivity index (χ0n) is 19.5. The highest BCUT2D eigenvalue weighted by molar-refractivity contribution is 7.10. The maximum atomic E-state index is 12.4. The summed E-state index contributed by atoms with van der Waals surface area (Å²) in [4.78, 5) is 23.4. The van der Waals surface area contributed by atoms with Crippen LogP contribution in [0.15, 0.2) is 65.9 Å². The number of para-hydroxylation sites is 1. The van der Waals surface area contributed by atoms with Gasteiger partial charge in [-0.3, -0.25) is 14.6 Å². The van der Waals surface area contributed by atoms with Crippen LogP contribution in [0.25, 0.3) is 0 Å². The summed E-state index contributed by atoms with van der Waals surface area (Å²) in [5.74, 6) is -1.74. The van der Waals surface area contributed by atoms with E-state index in [-0.39, 0.29) is 17.3 Å². The Morgan fingerprint density at radius 3 is 2.59 bits per heavy atom. The molecule has 0 fully saturated rings. The first-order chi connectivity index (χ1) is 16.2. The van der Waals surface area contributed by atoms with Gasteiger partial charge in [-0.25, -0.2) is 4.79 Å². The first kappa shape index (κ1) is 23.6. The standard InChI is InChI=1S/C25H26N4O4S/c1-5-29(4,19-12-7-6-8-13-19)16(3)23-22-21(17-10-9-11-18(14-17)28(32)33)20(25(30)31)15(2)26-24(22)34-27-23/h6-14,16,21H,5H2,1-4H3,(H-,26,27,30,31)/p+1/t16-,21?,29?/m1/s1. The molecule has 3 atom stereocenters. The third-order valence-corrected chi connectivity index (χ3v) is 7.73. The van der Waals surface area contributed by atoms with E-state index < -0.39 is 16.8 Å². The largest absolute Gasteiger partial charge is 0.478 e. The van der Waals surface area contributed by atoms with Crippen LogP contribution in [0.1, 0.15) is 49.6 Å². The highest BCUT2D eigenvalue weighted by Crippen LogP contribution is 2.49. The number of nitrogens with one attached hydrogen (secondary N) is 1. The van der Waals surface area contributed by atoms with Gasteiger partial charge in [0.15, 0.2) is 0 Å². The molecular formula is C25H27N4O4S+. The summed E-state index contributed by atoms with van der Waals surface area (Å²) in [5, 5.41) is 25.6. The van der Waals surface area contributed by atoms with Gasteiger partial charge in [0.1, 0.15) is 22.4 Å². The van der Waals surface area contributed by atoms with E-state index in [2.05, 4.69) is 38.3 Å². The number of allylic oxidation sites excluding steroid dienone is 1. The Morgan fingerprint density at radius 2 is 1.97 bits per heavy atom. The first-order valence-corrected chi connectivity index (χ1v) is 11.8. The van der Waals surface area contributed by atoms with Gasteiger partial charge in [-0.2, -0.15) is 4.37 Å². The summed E-state index contributed by atoms with van der Waals surface area (Å²) in [5.41, 5.74) is 3.87. The van der Waals surface area contributed by atoms with Gasteiger partial charge in [0, 0.05) is 29.3 Å². The number of rotatable bonds is 7. The average Bonchev–Trinajstić information content (AvgIpc) is 3.25. The fourth-order valence-corrected chi connectivity index (χ4v) is 5.69. The molecule has 0 saturated heterocycles. The SMILES string of the molecule is CC[N+](C)(c1ccccc1)[C@H](C)c1nsc2c1C(c1cccc([N+](=O)[O-])c1)C(C(=O)O)=C(C)N2. The molecule has 0 saturated carbocycles. The fraction of sp³-hybridized carbons (Fsp3) is 0.280. The minimum absolute atomic E-state index is 0.0729. The van der Waals surface area contributed by atoms with Gasteiger partial charge >= 0.3 is 5.97 Å². The topological polar surface area (TPSA) is 105 Å². The molecule has 2 aromatic carbocycles. The summed E-state index contributed by atoms with van der Waals surface area (Å²) in [6, 6.07) is 16.3. The molecule has 34 heavy (non-hydrogen) atoms. The molecule has 0 radical (unpaired) electrons. The van der Waals surface area contributed by atoms with Crippen LogP contribution in [-0.4, -0.2) is 34.0 Å². The summed E-state index contributed by atoms with van der Waals surface area (Å²) in [7, 11) is 2.14. The molecule has 0 amide bonds. The van der Waals surface area contributed by atoms with E-state index in [4.69, 9.17) is 4.37 Å². The third kappa shape index (κ3) is 3.86. The number of hydrogen-bond donors (Lipinski definition) is 2. The number of hydrogen-bond acceptors (Lipinski definition) is 6. The summed E-state index contributed by atoms with van der Waals surface area (Å²) in [6.45, 7) is 6.73. The van der Waals surface area contributed by atoms with Crippen molar-refractivity contribution >= 4 is 33.9 Å². The van der Waals surface area contributed by atoms with E-state index in [0.29, 0.717) is 15.7 Å². The lowest BCUT2D eigenvalue weighted by molar-refractivity contribution is -0.384. The summed E-state index contributed by atoms with van der Waals surface area (Å²) < 4.78 is 5.38. The zero-order valence-corrected chi connectivity index (χ0v) is 20.3. The average molecular weight is 480 g/mol. The monoisotopic (exact) mass is 479 g/mol. The first-order valence-electron chi connectivity index (χ1n) is 11.0. The molecule has 8 nitrogen and oxygen atoms in total. The van der Waals surface area contributed by atoms with Gasteiger partial charge in [-0.15, -0.1) is 0 Å². The highest BCUT2D eigenvalue weighted by atomic mass is 32.1. The molecule has 2 N–H and O–H groups in total. The lowest BCUT2D eigenvalue weighted by atomic mass is 9.80. The van der Waals surface area contributed by atoms with Crippen LogP contribution < -0.4 is 9.80 Å². The maximum absolute atomic E-state index is 12.4. The Morgan fingerprint density at radius 1 is 1.26 bits per heavy atom. The number of non-ortho nitro benzene ring substituents is 1. The van der Waals surface area contributed by atoms with Crippen molar-refractivity contribution in [1.29, 1.82) is 0 Å². The van der Waals surface area contributed by atoms with E-state index in [0.717, 1.165) is 28.5 Å². The lowest BCUT2D eigenvalue weighted by Gasteiger charge is -2.39. The van der Waals surface area contributed by atoms with Crippen molar-refractivity contribution in [2.24, 2.45) is 0 Å². The minimum Gasteiger partial charge on any atom is -0.478 e. The molecule has 4 rings (SSSR count). The zero-order chi connectivity index (χ0) is 24.6. The summed E-state index contributed by atoms with van der Waals surface area (Å²) in [6.07, 6.45) is 0. The number of nitro groups is 1. The predicted octanol–water partition coefficient (Wildman–Crippen LogP) is 5.69. The van der Waals surface area contributed by atoms with Crippen molar-refractivity contribution in [2.45, 2.75) is 32.7 Å². The number of nitrogens with zero attached hydrogens (tertiary/aromatic N) is 3. The van der Waals surface area contributed by atoms with Crippen LogP contribution in [-0.2, 0) is 4.79 Å². The van der Waals surface area contributed by atoms with E-state index in [1.807, 2.05) is 18.2 Å². The Kier molecular flexibility index (Phi) is 6.24. The fourth-order valence-electron chi connectivity index (χ4n) is 4.73. The normalized spacial score (nSPS) is 17.9. The minimum atomic E-state index is -1.06. The van der Waals surface area contributed by atoms with Gasteiger partial charge in [-0.1, -0.05) is 30.3 Å². The molecule has 1 aromatic heterocycles. The second-order valence-corrected chi connectivity index (χ2v) is 9.43. The lowest BCUT2D eigenvalue weighted by Crippen LogP contribution is -2.47. The number of fused-ring (bicyclic) bond motifs is 1. The van der Waals surface area contributed by atoms with Crippen LogP contribution in [0.2, 0.25) is 0 Å². The number of quaternary nitrogens is 1. The second kappa shape index (κ2) is 9.00. The third-order valence-electron chi connectivity index (χ3n) is 6.94. The molecule has 2 heterocycles. The smallest absolute Gasteiger partial charge is 0.334 e. The molecule has 2 unspecified atom stereocenters. The van der Waals surface area contributed by atoms with Gasteiger partial charge < -0.3 is 10.4 Å². The molecule has 176 valence electrons. The maximum Gasteiger partial charge on any atom is 0.334 e. The van der Waals surface area contributed by atoms with Gasteiger partial charge in [0.25, 0.3) is 5.69 Å². The molecule has 1 aliphatic rings. The summed E-state index contributed by atoms with van der Waals surface area (Å²) >= 11 is 1.30. The quantitative estimate of drug-likeness (QED) is 0.256. The molecular weight excluding hydrogens is 452 g/mol. The van der Waals surface area contributed by atoms with Gasteiger partial charge in [-0.05, 0) is 50.0 Å². The Balaban J connectivity index is 1.92. The predicted molar refractivity (Wildman–Crippen MR) is 134 cm³/mol. The number of carbonyl (C=O) groups is 1. The number of carboxylic acid groups (broad SMARTS) is 1. The van der Waals surface area contributed by atoms with E-state index in [9.17, 15) is 20.0 Å². The number of aromatic nitrogens is 1. The van der Waals surface area contributed by atoms with E-state index in [1.54, 1.807) is 19.1 Å². The second-order valence-electron chi connectivity index (χ2n) is 8.66. The number of aliphatic carboxylic acids is 1. The molecule has 9 heteroatoms. The van der Waals surface area contributed by atoms with Crippen molar-refractivity contribution < 1.29 is 14.8 Å². The molecule has 0 spiro atoms. The van der Waals surface area contributed by atoms with E-state index in [1.165, 1.54) is 23.7 Å². The molecule has 1 aliphatic heterocycles. The number of carboxylic acids is 1. The highest BCUT2D eigenvalue weighted by Gasteiger charge is 2.42. The van der Waals surface area contributed by atoms with Crippen LogP contribution >= 0.6 is 11.5 Å². The Bertz CT molecular complexity index is 1290. The Labute approximate surface area is 202 Å². The van der Waals surface area contributed by atoms with Crippen molar-refractivity contribution in [3.8, 4) is 0 Å². The van der Waals surface area contributed by atoms with Crippen molar-refractivity contribution in [3.05, 3.63) is 92.8 Å². The van der Waals surface area contributed by atoms with Crippen LogP contribution in [0, 0.1) is 10.1 Å². The number of nitro benzene ring substituents is 1. The van der Waals surface area contributed by atoms with Crippen molar-refractivity contribution in [1.82, 2.24) is 8.86 Å². The molecule has 0 bridgehead atoms.